The molecular weight excluding hydrogens is 355 g/mol. The molecule has 0 bridgehead atoms. The van der Waals surface area contributed by atoms with Gasteiger partial charge in [-0.3, -0.25) is 9.48 Å². The smallest absolute Gasteiger partial charge is 0.332 e. The summed E-state index contributed by atoms with van der Waals surface area (Å²) in [5.74, 6) is -0.692. The highest BCUT2D eigenvalue weighted by molar-refractivity contribution is 6.34. The molecule has 1 amide bonds. The molecule has 1 aromatic heterocycles. The number of carbonyl (C=O) groups is 2. The average molecular weight is 371 g/mol. The number of benzene rings is 1. The zero-order chi connectivity index (χ0) is 17.7. The van der Waals surface area contributed by atoms with Crippen LogP contribution in [0.1, 0.15) is 11.6 Å². The van der Waals surface area contributed by atoms with Gasteiger partial charge in [-0.25, -0.2) is 4.79 Å². The number of nitrogens with zero attached hydrogens (tertiary/aromatic N) is 2. The number of halogens is 2. The van der Waals surface area contributed by atoms with Gasteiger partial charge in [0.25, 0.3) is 0 Å². The van der Waals surface area contributed by atoms with Crippen LogP contribution in [0, 0.1) is 0 Å². The average Bonchev–Trinajstić information content (AvgIpc) is 2.97. The van der Waals surface area contributed by atoms with Crippen molar-refractivity contribution in [3.8, 4) is 0 Å². The van der Waals surface area contributed by atoms with Crippen LogP contribution in [-0.2, 0) is 20.9 Å². The Bertz CT molecular complexity index is 728. The van der Waals surface area contributed by atoms with Crippen molar-refractivity contribution >= 4 is 40.8 Å². The van der Waals surface area contributed by atoms with Gasteiger partial charge in [0.1, 0.15) is 6.54 Å². The van der Waals surface area contributed by atoms with Crippen LogP contribution in [0.25, 0.3) is 0 Å². The molecule has 24 heavy (non-hydrogen) atoms. The third-order valence-corrected chi connectivity index (χ3v) is 3.62. The lowest BCUT2D eigenvalue weighted by atomic mass is 10.1. The maximum atomic E-state index is 12.1. The van der Waals surface area contributed by atoms with E-state index in [4.69, 9.17) is 27.9 Å². The van der Waals surface area contributed by atoms with Crippen LogP contribution in [-0.4, -0.2) is 35.8 Å². The number of amides is 1. The SMILES string of the molecule is CNC(=O)Cn1cc(NC(C(=O)OC)c2cc(Cl)cc(Cl)c2)cn1. The first kappa shape index (κ1) is 18.1. The summed E-state index contributed by atoms with van der Waals surface area (Å²) < 4.78 is 6.27. The fraction of sp³-hybridized carbons (Fsp3) is 0.267. The van der Waals surface area contributed by atoms with E-state index in [9.17, 15) is 9.59 Å². The van der Waals surface area contributed by atoms with Gasteiger partial charge < -0.3 is 15.4 Å². The summed E-state index contributed by atoms with van der Waals surface area (Å²) >= 11 is 12.0. The van der Waals surface area contributed by atoms with Gasteiger partial charge >= 0.3 is 5.97 Å². The summed E-state index contributed by atoms with van der Waals surface area (Å²) in [6, 6.07) is 4.00. The molecule has 2 rings (SSSR count). The molecule has 0 spiro atoms. The zero-order valence-electron chi connectivity index (χ0n) is 13.0. The summed E-state index contributed by atoms with van der Waals surface area (Å²) in [5.41, 5.74) is 1.10. The molecule has 1 aromatic carbocycles. The molecule has 128 valence electrons. The molecule has 2 aromatic rings. The zero-order valence-corrected chi connectivity index (χ0v) is 14.6. The Morgan fingerprint density at radius 2 is 1.96 bits per heavy atom. The van der Waals surface area contributed by atoms with E-state index in [1.807, 2.05) is 0 Å². The van der Waals surface area contributed by atoms with Gasteiger partial charge in [0.15, 0.2) is 6.04 Å². The first-order chi connectivity index (χ1) is 11.4. The second-order valence-corrected chi connectivity index (χ2v) is 5.78. The second kappa shape index (κ2) is 8.03. The number of hydrogen-bond donors (Lipinski definition) is 2. The van der Waals surface area contributed by atoms with Crippen LogP contribution >= 0.6 is 23.2 Å². The lowest BCUT2D eigenvalue weighted by Gasteiger charge is -2.17. The number of carbonyl (C=O) groups excluding carboxylic acids is 2. The minimum absolute atomic E-state index is 0.0735. The van der Waals surface area contributed by atoms with Crippen LogP contribution in [0.4, 0.5) is 5.69 Å². The summed E-state index contributed by atoms with van der Waals surface area (Å²) in [6.45, 7) is 0.0735. The number of rotatable bonds is 6. The summed E-state index contributed by atoms with van der Waals surface area (Å²) in [7, 11) is 2.83. The molecule has 1 atom stereocenters. The third kappa shape index (κ3) is 4.62. The van der Waals surface area contributed by atoms with E-state index in [1.165, 1.54) is 18.0 Å². The van der Waals surface area contributed by atoms with E-state index < -0.39 is 12.0 Å². The van der Waals surface area contributed by atoms with Crippen molar-refractivity contribution in [3.05, 3.63) is 46.2 Å². The maximum absolute atomic E-state index is 12.1. The Hall–Kier alpha value is -2.25. The Balaban J connectivity index is 2.23. The molecule has 2 N–H and O–H groups in total. The van der Waals surface area contributed by atoms with E-state index in [1.54, 1.807) is 31.4 Å². The van der Waals surface area contributed by atoms with E-state index in [-0.39, 0.29) is 12.5 Å². The number of methoxy groups -OCH3 is 1. The van der Waals surface area contributed by atoms with Crippen molar-refractivity contribution in [2.45, 2.75) is 12.6 Å². The van der Waals surface area contributed by atoms with Gasteiger partial charge in [-0.15, -0.1) is 0 Å². The quantitative estimate of drug-likeness (QED) is 0.761. The Morgan fingerprint density at radius 1 is 1.29 bits per heavy atom. The van der Waals surface area contributed by atoms with Gasteiger partial charge in [-0.05, 0) is 23.8 Å². The molecule has 0 saturated carbocycles. The second-order valence-electron chi connectivity index (χ2n) is 4.90. The van der Waals surface area contributed by atoms with E-state index >= 15 is 0 Å². The number of esters is 1. The summed E-state index contributed by atoms with van der Waals surface area (Å²) in [4.78, 5) is 23.5. The molecule has 0 aliphatic carbocycles. The lowest BCUT2D eigenvalue weighted by Crippen LogP contribution is -2.24. The van der Waals surface area contributed by atoms with Crippen molar-refractivity contribution < 1.29 is 14.3 Å². The van der Waals surface area contributed by atoms with Crippen molar-refractivity contribution in [2.24, 2.45) is 0 Å². The number of ether oxygens (including phenoxy) is 1. The largest absolute Gasteiger partial charge is 0.467 e. The number of anilines is 1. The predicted octanol–water partition coefficient (Wildman–Crippen LogP) is 2.26. The predicted molar refractivity (Wildman–Crippen MR) is 91.1 cm³/mol. The molecule has 0 fully saturated rings. The monoisotopic (exact) mass is 370 g/mol. The third-order valence-electron chi connectivity index (χ3n) is 3.18. The summed E-state index contributed by atoms with van der Waals surface area (Å²) in [5, 5.41) is 10.4. The molecule has 1 unspecified atom stereocenters. The lowest BCUT2D eigenvalue weighted by molar-refractivity contribution is -0.141. The van der Waals surface area contributed by atoms with Crippen LogP contribution in [0.3, 0.4) is 0 Å². The number of likely N-dealkylation sites (N-methyl/N-ethyl adjacent to an activating group) is 1. The molecule has 9 heteroatoms. The number of nitrogens with one attached hydrogen (secondary N) is 2. The van der Waals surface area contributed by atoms with Crippen LogP contribution < -0.4 is 10.6 Å². The van der Waals surface area contributed by atoms with Crippen molar-refractivity contribution in [2.75, 3.05) is 19.5 Å². The first-order valence-electron chi connectivity index (χ1n) is 6.96. The van der Waals surface area contributed by atoms with Crippen LogP contribution in [0.5, 0.6) is 0 Å². The van der Waals surface area contributed by atoms with Crippen molar-refractivity contribution in [3.63, 3.8) is 0 Å². The van der Waals surface area contributed by atoms with Crippen molar-refractivity contribution in [1.29, 1.82) is 0 Å². The minimum atomic E-state index is -0.816. The molecule has 0 aliphatic heterocycles. The van der Waals surface area contributed by atoms with Crippen LogP contribution in [0.15, 0.2) is 30.6 Å². The molecule has 0 saturated heterocycles. The standard InChI is InChI=1S/C15H16Cl2N4O3/c1-18-13(22)8-21-7-12(6-19-21)20-14(15(23)24-2)9-3-10(16)5-11(17)4-9/h3-7,14,20H,8H2,1-2H3,(H,18,22). The molecule has 1 heterocycles. The van der Waals surface area contributed by atoms with Crippen molar-refractivity contribution in [1.82, 2.24) is 15.1 Å². The highest BCUT2D eigenvalue weighted by atomic mass is 35.5. The fourth-order valence-electron chi connectivity index (χ4n) is 2.06. The molecule has 7 nitrogen and oxygen atoms in total. The van der Waals surface area contributed by atoms with E-state index in [2.05, 4.69) is 15.7 Å². The Labute approximate surface area is 148 Å². The number of aromatic nitrogens is 2. The fourth-order valence-corrected chi connectivity index (χ4v) is 2.60. The molecule has 0 aliphatic rings. The number of hydrogen-bond acceptors (Lipinski definition) is 5. The van der Waals surface area contributed by atoms with Crippen LogP contribution in [0.2, 0.25) is 10.0 Å². The van der Waals surface area contributed by atoms with Gasteiger partial charge in [0.2, 0.25) is 5.91 Å². The van der Waals surface area contributed by atoms with E-state index in [0.29, 0.717) is 21.3 Å². The maximum Gasteiger partial charge on any atom is 0.332 e. The van der Waals surface area contributed by atoms with E-state index in [0.717, 1.165) is 0 Å². The van der Waals surface area contributed by atoms with Gasteiger partial charge in [0, 0.05) is 23.3 Å². The minimum Gasteiger partial charge on any atom is -0.467 e. The summed E-state index contributed by atoms with van der Waals surface area (Å²) in [6.07, 6.45) is 3.11. The highest BCUT2D eigenvalue weighted by Crippen LogP contribution is 2.27. The Kier molecular flexibility index (Phi) is 6.05. The molecule has 0 radical (unpaired) electrons. The highest BCUT2D eigenvalue weighted by Gasteiger charge is 2.23. The molecular formula is C15H16Cl2N4O3. The first-order valence-corrected chi connectivity index (χ1v) is 7.72. The van der Waals surface area contributed by atoms with Gasteiger partial charge in [-0.2, -0.15) is 5.10 Å². The normalized spacial score (nSPS) is 11.7. The van der Waals surface area contributed by atoms with Gasteiger partial charge in [0.05, 0.1) is 19.0 Å². The van der Waals surface area contributed by atoms with Gasteiger partial charge in [-0.1, -0.05) is 23.2 Å². The Morgan fingerprint density at radius 3 is 2.54 bits per heavy atom. The topological polar surface area (TPSA) is 85.2 Å².